The maximum atomic E-state index is 12.3. The van der Waals surface area contributed by atoms with E-state index in [0.717, 1.165) is 24.2 Å². The first-order valence-corrected chi connectivity index (χ1v) is 8.88. The van der Waals surface area contributed by atoms with Gasteiger partial charge >= 0.3 is 6.03 Å². The first-order valence-electron chi connectivity index (χ1n) is 8.88. The quantitative estimate of drug-likeness (QED) is 0.799. The van der Waals surface area contributed by atoms with Crippen molar-refractivity contribution in [3.05, 3.63) is 42.0 Å². The predicted molar refractivity (Wildman–Crippen MR) is 99.3 cm³/mol. The van der Waals surface area contributed by atoms with E-state index in [1.807, 2.05) is 24.3 Å². The zero-order valence-electron chi connectivity index (χ0n) is 15.6. The molecule has 0 saturated carbocycles. The molecule has 8 nitrogen and oxygen atoms in total. The highest BCUT2D eigenvalue weighted by molar-refractivity contribution is 5.74. The number of amides is 2. The Morgan fingerprint density at radius 2 is 1.85 bits per heavy atom. The third-order valence-electron chi connectivity index (χ3n) is 4.39. The maximum Gasteiger partial charge on any atom is 0.317 e. The molecule has 1 fully saturated rings. The van der Waals surface area contributed by atoms with Crippen molar-refractivity contribution in [2.24, 2.45) is 0 Å². The van der Waals surface area contributed by atoms with E-state index in [4.69, 9.17) is 14.2 Å². The fraction of sp³-hybridized carbons (Fsp3) is 0.421. The molecule has 1 N–H and O–H groups in total. The van der Waals surface area contributed by atoms with Crippen molar-refractivity contribution < 1.29 is 19.0 Å². The van der Waals surface area contributed by atoms with E-state index in [9.17, 15) is 4.79 Å². The van der Waals surface area contributed by atoms with Crippen molar-refractivity contribution in [3.63, 3.8) is 0 Å². The zero-order valence-corrected chi connectivity index (χ0v) is 15.6. The van der Waals surface area contributed by atoms with Gasteiger partial charge in [-0.2, -0.15) is 0 Å². The van der Waals surface area contributed by atoms with Crippen molar-refractivity contribution in [3.8, 4) is 17.5 Å². The fourth-order valence-corrected chi connectivity index (χ4v) is 2.88. The molecule has 1 aliphatic heterocycles. The van der Waals surface area contributed by atoms with Crippen LogP contribution in [0.15, 0.2) is 36.4 Å². The van der Waals surface area contributed by atoms with Crippen LogP contribution in [0.4, 0.5) is 4.79 Å². The number of rotatable bonds is 7. The Morgan fingerprint density at radius 1 is 1.11 bits per heavy atom. The highest BCUT2D eigenvalue weighted by Crippen LogP contribution is 2.17. The minimum absolute atomic E-state index is 0.0737. The van der Waals surface area contributed by atoms with Crippen LogP contribution < -0.4 is 19.5 Å². The predicted octanol–water partition coefficient (Wildman–Crippen LogP) is 1.90. The maximum absolute atomic E-state index is 12.3. The fourth-order valence-electron chi connectivity index (χ4n) is 2.88. The van der Waals surface area contributed by atoms with Gasteiger partial charge in [0, 0.05) is 31.6 Å². The number of ether oxygens (including phenoxy) is 3. The largest absolute Gasteiger partial charge is 0.497 e. The molecule has 3 rings (SSSR count). The number of urea groups is 1. The van der Waals surface area contributed by atoms with Gasteiger partial charge in [0.25, 0.3) is 0 Å². The third-order valence-corrected chi connectivity index (χ3v) is 4.39. The van der Waals surface area contributed by atoms with Crippen LogP contribution in [0.25, 0.3) is 0 Å². The van der Waals surface area contributed by atoms with Crippen LogP contribution in [-0.4, -0.2) is 61.1 Å². The number of carbonyl (C=O) groups excluding carboxylic acids is 1. The smallest absolute Gasteiger partial charge is 0.317 e. The first kappa shape index (κ1) is 18.8. The van der Waals surface area contributed by atoms with Gasteiger partial charge in [0.2, 0.25) is 11.8 Å². The van der Waals surface area contributed by atoms with Gasteiger partial charge in [0.1, 0.15) is 11.9 Å². The van der Waals surface area contributed by atoms with Crippen LogP contribution in [-0.2, 0) is 6.42 Å². The molecule has 0 bridgehead atoms. The van der Waals surface area contributed by atoms with E-state index in [2.05, 4.69) is 15.5 Å². The molecule has 2 amide bonds. The lowest BCUT2D eigenvalue weighted by Crippen LogP contribution is -2.40. The number of benzene rings is 1. The molecule has 1 aromatic heterocycles. The average Bonchev–Trinajstić information content (AvgIpc) is 3.17. The lowest BCUT2D eigenvalue weighted by Gasteiger charge is -2.17. The van der Waals surface area contributed by atoms with Crippen molar-refractivity contribution in [2.45, 2.75) is 18.9 Å². The number of aromatic nitrogens is 2. The molecule has 2 heterocycles. The summed E-state index contributed by atoms with van der Waals surface area (Å²) in [6, 6.07) is 11.2. The summed E-state index contributed by atoms with van der Waals surface area (Å²) in [6.07, 6.45) is 1.45. The highest BCUT2D eigenvalue weighted by atomic mass is 16.5. The van der Waals surface area contributed by atoms with E-state index in [1.54, 1.807) is 24.1 Å². The molecule has 1 aromatic carbocycles. The Hall–Kier alpha value is -3.03. The van der Waals surface area contributed by atoms with Gasteiger partial charge in [0.05, 0.1) is 20.8 Å². The summed E-state index contributed by atoms with van der Waals surface area (Å²) >= 11 is 0. The number of hydrogen-bond donors (Lipinski definition) is 1. The molecule has 1 atom stereocenters. The second-order valence-electron chi connectivity index (χ2n) is 6.22. The summed E-state index contributed by atoms with van der Waals surface area (Å²) in [5, 5.41) is 10.8. The summed E-state index contributed by atoms with van der Waals surface area (Å²) in [4.78, 5) is 14.1. The summed E-state index contributed by atoms with van der Waals surface area (Å²) in [7, 11) is 3.18. The minimum Gasteiger partial charge on any atom is -0.497 e. The van der Waals surface area contributed by atoms with E-state index in [-0.39, 0.29) is 12.1 Å². The Morgan fingerprint density at radius 3 is 2.52 bits per heavy atom. The summed E-state index contributed by atoms with van der Waals surface area (Å²) < 4.78 is 15.9. The second-order valence-corrected chi connectivity index (χ2v) is 6.22. The first-order chi connectivity index (χ1) is 13.2. The molecule has 1 saturated heterocycles. The lowest BCUT2D eigenvalue weighted by atomic mass is 10.1. The number of nitrogens with one attached hydrogen (secondary N) is 1. The van der Waals surface area contributed by atoms with Gasteiger partial charge < -0.3 is 24.4 Å². The zero-order chi connectivity index (χ0) is 19.1. The topological polar surface area (TPSA) is 85.8 Å². The molecule has 0 aliphatic carbocycles. The van der Waals surface area contributed by atoms with Crippen LogP contribution in [0, 0.1) is 0 Å². The second kappa shape index (κ2) is 9.07. The SMILES string of the molecule is COc1ccc(CCNC(=O)N2CCC(Oc3ccc(OC)nn3)C2)cc1. The Labute approximate surface area is 158 Å². The van der Waals surface area contributed by atoms with Crippen LogP contribution in [0.3, 0.4) is 0 Å². The molecular weight excluding hydrogens is 348 g/mol. The van der Waals surface area contributed by atoms with Crippen LogP contribution in [0.2, 0.25) is 0 Å². The van der Waals surface area contributed by atoms with Crippen molar-refractivity contribution in [1.82, 2.24) is 20.4 Å². The number of hydrogen-bond acceptors (Lipinski definition) is 6. The van der Waals surface area contributed by atoms with Gasteiger partial charge in [0.15, 0.2) is 0 Å². The number of methoxy groups -OCH3 is 2. The van der Waals surface area contributed by atoms with Crippen molar-refractivity contribution in [1.29, 1.82) is 0 Å². The molecule has 0 spiro atoms. The molecule has 0 radical (unpaired) electrons. The van der Waals surface area contributed by atoms with E-state index in [1.165, 1.54) is 7.11 Å². The van der Waals surface area contributed by atoms with Gasteiger partial charge in [-0.1, -0.05) is 12.1 Å². The Balaban J connectivity index is 1.40. The third kappa shape index (κ3) is 5.22. The summed E-state index contributed by atoms with van der Waals surface area (Å²) in [6.45, 7) is 1.77. The van der Waals surface area contributed by atoms with Crippen LogP contribution in [0.1, 0.15) is 12.0 Å². The lowest BCUT2D eigenvalue weighted by molar-refractivity contribution is 0.181. The Kier molecular flexibility index (Phi) is 6.30. The Bertz CT molecular complexity index is 736. The van der Waals surface area contributed by atoms with Crippen molar-refractivity contribution >= 4 is 6.03 Å². The normalized spacial score (nSPS) is 16.1. The van der Waals surface area contributed by atoms with Crippen molar-refractivity contribution in [2.75, 3.05) is 33.9 Å². The van der Waals surface area contributed by atoms with E-state index >= 15 is 0 Å². The highest BCUT2D eigenvalue weighted by Gasteiger charge is 2.27. The monoisotopic (exact) mass is 372 g/mol. The molecule has 1 unspecified atom stereocenters. The molecule has 2 aromatic rings. The van der Waals surface area contributed by atoms with Gasteiger partial charge in [-0.3, -0.25) is 0 Å². The molecule has 8 heteroatoms. The molecule has 144 valence electrons. The average molecular weight is 372 g/mol. The van der Waals surface area contributed by atoms with Crippen LogP contribution >= 0.6 is 0 Å². The molecule has 27 heavy (non-hydrogen) atoms. The van der Waals surface area contributed by atoms with Crippen LogP contribution in [0.5, 0.6) is 17.5 Å². The van der Waals surface area contributed by atoms with Gasteiger partial charge in [-0.25, -0.2) is 4.79 Å². The summed E-state index contributed by atoms with van der Waals surface area (Å²) in [5.74, 6) is 1.70. The summed E-state index contributed by atoms with van der Waals surface area (Å²) in [5.41, 5.74) is 1.15. The number of nitrogens with zero attached hydrogens (tertiary/aromatic N) is 3. The van der Waals surface area contributed by atoms with Gasteiger partial charge in [-0.15, -0.1) is 10.2 Å². The van der Waals surface area contributed by atoms with E-state index < -0.39 is 0 Å². The number of likely N-dealkylation sites (tertiary alicyclic amines) is 1. The molecular formula is C19H24N4O4. The van der Waals surface area contributed by atoms with E-state index in [0.29, 0.717) is 31.4 Å². The van der Waals surface area contributed by atoms with Gasteiger partial charge in [-0.05, 0) is 24.1 Å². The number of carbonyl (C=O) groups is 1. The molecule has 1 aliphatic rings. The standard InChI is InChI=1S/C19H24N4O4/c1-25-15-5-3-14(4-6-15)9-11-20-19(24)23-12-10-16(13-23)27-18-8-7-17(26-2)21-22-18/h3-8,16H,9-13H2,1-2H3,(H,20,24). The minimum atomic E-state index is -0.0833.